The standard InChI is InChI=1S/C8H7IO3S/c1-13(11,12)7-4-2-6(3-5-7)8(9)10/h2-5H,1H3. The highest BCUT2D eigenvalue weighted by atomic mass is 127. The van der Waals surface area contributed by atoms with Crippen LogP contribution in [-0.4, -0.2) is 18.5 Å². The minimum Gasteiger partial charge on any atom is -0.282 e. The van der Waals surface area contributed by atoms with Gasteiger partial charge in [-0.15, -0.1) is 0 Å². The van der Waals surface area contributed by atoms with Crippen molar-refractivity contribution in [3.8, 4) is 0 Å². The fraction of sp³-hybridized carbons (Fsp3) is 0.125. The van der Waals surface area contributed by atoms with Crippen LogP contribution in [0, 0.1) is 0 Å². The van der Waals surface area contributed by atoms with Crippen molar-refractivity contribution < 1.29 is 13.2 Å². The van der Waals surface area contributed by atoms with Crippen molar-refractivity contribution in [1.29, 1.82) is 0 Å². The van der Waals surface area contributed by atoms with E-state index in [4.69, 9.17) is 0 Å². The summed E-state index contributed by atoms with van der Waals surface area (Å²) in [4.78, 5) is 11.1. The Morgan fingerprint density at radius 2 is 1.69 bits per heavy atom. The van der Waals surface area contributed by atoms with E-state index in [2.05, 4.69) is 0 Å². The van der Waals surface area contributed by atoms with Gasteiger partial charge in [-0.1, -0.05) is 0 Å². The van der Waals surface area contributed by atoms with Gasteiger partial charge >= 0.3 is 0 Å². The zero-order valence-electron chi connectivity index (χ0n) is 6.82. The number of carbonyl (C=O) groups is 1. The molecule has 0 aliphatic carbocycles. The molecule has 0 aromatic heterocycles. The van der Waals surface area contributed by atoms with Gasteiger partial charge in [-0.05, 0) is 24.3 Å². The molecule has 3 nitrogen and oxygen atoms in total. The van der Waals surface area contributed by atoms with Crippen LogP contribution in [0.3, 0.4) is 0 Å². The van der Waals surface area contributed by atoms with Gasteiger partial charge in [0.05, 0.1) is 4.90 Å². The predicted octanol–water partition coefficient (Wildman–Crippen LogP) is 1.67. The third-order valence-corrected chi connectivity index (χ3v) is 3.26. The quantitative estimate of drug-likeness (QED) is 0.617. The Hall–Kier alpha value is -0.430. The van der Waals surface area contributed by atoms with Crippen LogP contribution in [0.4, 0.5) is 0 Å². The van der Waals surface area contributed by atoms with E-state index < -0.39 is 9.84 Å². The third kappa shape index (κ3) is 2.77. The zero-order valence-corrected chi connectivity index (χ0v) is 9.79. The summed E-state index contributed by atoms with van der Waals surface area (Å²) in [6.07, 6.45) is 1.13. The molecule has 13 heavy (non-hydrogen) atoms. The molecule has 70 valence electrons. The first-order valence-electron chi connectivity index (χ1n) is 3.41. The lowest BCUT2D eigenvalue weighted by Crippen LogP contribution is -1.97. The number of rotatable bonds is 2. The number of sulfone groups is 1. The topological polar surface area (TPSA) is 51.2 Å². The summed E-state index contributed by atoms with van der Waals surface area (Å²) in [7, 11) is -3.16. The van der Waals surface area contributed by atoms with Gasteiger partial charge in [0.25, 0.3) is 0 Å². The van der Waals surface area contributed by atoms with Crippen molar-refractivity contribution in [3.63, 3.8) is 0 Å². The van der Waals surface area contributed by atoms with Crippen LogP contribution in [0.1, 0.15) is 10.4 Å². The molecule has 0 fully saturated rings. The van der Waals surface area contributed by atoms with E-state index in [0.29, 0.717) is 5.56 Å². The maximum atomic E-state index is 11.0. The maximum absolute atomic E-state index is 11.0. The monoisotopic (exact) mass is 310 g/mol. The molecule has 5 heteroatoms. The summed E-state index contributed by atoms with van der Waals surface area (Å²) in [5.41, 5.74) is 0.507. The Labute approximate surface area is 90.2 Å². The first-order chi connectivity index (χ1) is 5.91. The predicted molar refractivity (Wildman–Crippen MR) is 57.9 cm³/mol. The number of halogens is 1. The molecule has 0 heterocycles. The van der Waals surface area contributed by atoms with Crippen LogP contribution in [0.2, 0.25) is 0 Å². The molecular weight excluding hydrogens is 303 g/mol. The third-order valence-electron chi connectivity index (χ3n) is 1.51. The SMILES string of the molecule is CS(=O)(=O)c1ccc(C(=O)I)cc1. The fourth-order valence-electron chi connectivity index (χ4n) is 0.833. The van der Waals surface area contributed by atoms with Gasteiger partial charge < -0.3 is 0 Å². The van der Waals surface area contributed by atoms with Crippen LogP contribution >= 0.6 is 22.6 Å². The lowest BCUT2D eigenvalue weighted by molar-refractivity contribution is 0.110. The molecule has 0 atom stereocenters. The van der Waals surface area contributed by atoms with Crippen molar-refractivity contribution in [1.82, 2.24) is 0 Å². The van der Waals surface area contributed by atoms with Crippen LogP contribution in [0.15, 0.2) is 29.2 Å². The molecule has 0 saturated carbocycles. The highest BCUT2D eigenvalue weighted by molar-refractivity contribution is 14.1. The Morgan fingerprint density at radius 1 is 1.23 bits per heavy atom. The van der Waals surface area contributed by atoms with E-state index in [-0.39, 0.29) is 8.69 Å². The van der Waals surface area contributed by atoms with Crippen LogP contribution < -0.4 is 0 Å². The minimum absolute atomic E-state index is 0.0994. The molecule has 0 spiro atoms. The number of carbonyl (C=O) groups excluding carboxylic acids is 1. The minimum atomic E-state index is -3.16. The van der Waals surface area contributed by atoms with E-state index in [1.807, 2.05) is 0 Å². The van der Waals surface area contributed by atoms with Gasteiger partial charge in [0.1, 0.15) is 0 Å². The van der Waals surface area contributed by atoms with Gasteiger partial charge in [-0.3, -0.25) is 4.79 Å². The normalized spacial score (nSPS) is 11.2. The first kappa shape index (κ1) is 10.6. The summed E-state index contributed by atoms with van der Waals surface area (Å²) < 4.78 is 22.0. The van der Waals surface area contributed by atoms with E-state index in [1.165, 1.54) is 24.3 Å². The average molecular weight is 310 g/mol. The second-order valence-corrected chi connectivity index (χ2v) is 5.57. The summed E-state index contributed by atoms with van der Waals surface area (Å²) in [5.74, 6) is 0. The Morgan fingerprint density at radius 3 is 2.00 bits per heavy atom. The Kier molecular flexibility index (Phi) is 3.07. The molecule has 1 aromatic rings. The second-order valence-electron chi connectivity index (χ2n) is 2.57. The zero-order chi connectivity index (χ0) is 10.1. The second kappa shape index (κ2) is 3.75. The first-order valence-corrected chi connectivity index (χ1v) is 6.38. The fourth-order valence-corrected chi connectivity index (χ4v) is 1.82. The van der Waals surface area contributed by atoms with Gasteiger partial charge in [0, 0.05) is 34.4 Å². The van der Waals surface area contributed by atoms with E-state index in [9.17, 15) is 13.2 Å². The Bertz CT molecular complexity index is 419. The highest BCUT2D eigenvalue weighted by Gasteiger charge is 2.07. The van der Waals surface area contributed by atoms with Crippen LogP contribution in [-0.2, 0) is 9.84 Å². The molecule has 0 amide bonds. The van der Waals surface area contributed by atoms with Gasteiger partial charge in [-0.2, -0.15) is 0 Å². The lowest BCUT2D eigenvalue weighted by Gasteiger charge is -1.98. The van der Waals surface area contributed by atoms with E-state index in [1.54, 1.807) is 22.6 Å². The van der Waals surface area contributed by atoms with Crippen LogP contribution in [0.5, 0.6) is 0 Å². The van der Waals surface area contributed by atoms with Crippen molar-refractivity contribution in [2.75, 3.05) is 6.26 Å². The molecule has 0 unspecified atom stereocenters. The number of hydrogen-bond acceptors (Lipinski definition) is 3. The summed E-state index contributed by atoms with van der Waals surface area (Å²) >= 11 is 1.65. The summed E-state index contributed by atoms with van der Waals surface area (Å²) in [6.45, 7) is 0. The van der Waals surface area contributed by atoms with Crippen molar-refractivity contribution in [3.05, 3.63) is 29.8 Å². The molecule has 1 rings (SSSR count). The van der Waals surface area contributed by atoms with E-state index in [0.717, 1.165) is 6.26 Å². The average Bonchev–Trinajstić information content (AvgIpc) is 2.03. The highest BCUT2D eigenvalue weighted by Crippen LogP contribution is 2.12. The molecule has 0 N–H and O–H groups in total. The smallest absolute Gasteiger partial charge is 0.222 e. The van der Waals surface area contributed by atoms with Crippen molar-refractivity contribution in [2.45, 2.75) is 4.90 Å². The van der Waals surface area contributed by atoms with Crippen molar-refractivity contribution in [2.24, 2.45) is 0 Å². The Balaban J connectivity index is 3.16. The summed E-state index contributed by atoms with van der Waals surface area (Å²) in [6, 6.07) is 5.87. The van der Waals surface area contributed by atoms with Gasteiger partial charge in [0.2, 0.25) is 3.79 Å². The van der Waals surface area contributed by atoms with Gasteiger partial charge in [0.15, 0.2) is 9.84 Å². The molecule has 0 bridgehead atoms. The van der Waals surface area contributed by atoms with Crippen LogP contribution in [0.25, 0.3) is 0 Å². The number of benzene rings is 1. The van der Waals surface area contributed by atoms with E-state index >= 15 is 0 Å². The summed E-state index contributed by atoms with van der Waals surface area (Å²) in [5, 5.41) is 0. The molecular formula is C8H7IO3S. The maximum Gasteiger partial charge on any atom is 0.222 e. The molecule has 0 radical (unpaired) electrons. The number of hydrogen-bond donors (Lipinski definition) is 0. The lowest BCUT2D eigenvalue weighted by atomic mass is 10.2. The molecule has 0 aliphatic rings. The molecule has 1 aromatic carbocycles. The molecule has 0 saturated heterocycles. The van der Waals surface area contributed by atoms with Crippen molar-refractivity contribution >= 4 is 36.2 Å². The van der Waals surface area contributed by atoms with Gasteiger partial charge in [-0.25, -0.2) is 8.42 Å². The molecule has 0 aliphatic heterocycles. The largest absolute Gasteiger partial charge is 0.282 e.